The fourth-order valence-electron chi connectivity index (χ4n) is 3.70. The summed E-state index contributed by atoms with van der Waals surface area (Å²) in [5.41, 5.74) is 0.831. The molecular formula is C25H33N3O7S. The summed E-state index contributed by atoms with van der Waals surface area (Å²) in [5.74, 6) is 0.391. The number of sulfonamides is 1. The summed E-state index contributed by atoms with van der Waals surface area (Å²) in [6, 6.07) is 12.5. The van der Waals surface area contributed by atoms with Crippen LogP contribution in [0, 0.1) is 0 Å². The first-order valence-electron chi connectivity index (χ1n) is 11.8. The molecule has 1 aliphatic heterocycles. The maximum Gasteiger partial charge on any atom is 0.261 e. The lowest BCUT2D eigenvalue weighted by Crippen LogP contribution is -2.49. The molecule has 0 saturated carbocycles. The number of carbonyl (C=O) groups excluding carboxylic acids is 2. The number of rotatable bonds is 11. The maximum atomic E-state index is 13.1. The number of nitrogens with one attached hydrogen (secondary N) is 1. The van der Waals surface area contributed by atoms with E-state index in [9.17, 15) is 18.0 Å². The molecule has 1 aliphatic rings. The molecule has 2 amide bonds. The van der Waals surface area contributed by atoms with Crippen molar-refractivity contribution in [2.24, 2.45) is 0 Å². The number of hydrogen-bond acceptors (Lipinski definition) is 7. The second-order valence-electron chi connectivity index (χ2n) is 8.22. The molecule has 36 heavy (non-hydrogen) atoms. The van der Waals surface area contributed by atoms with Crippen LogP contribution in [0.5, 0.6) is 11.5 Å². The maximum absolute atomic E-state index is 13.1. The molecule has 1 saturated heterocycles. The van der Waals surface area contributed by atoms with E-state index in [-0.39, 0.29) is 29.9 Å². The lowest BCUT2D eigenvalue weighted by molar-refractivity contribution is -0.142. The molecule has 0 bridgehead atoms. The largest absolute Gasteiger partial charge is 0.497 e. The van der Waals surface area contributed by atoms with Crippen LogP contribution in [0.3, 0.4) is 0 Å². The quantitative estimate of drug-likeness (QED) is 0.480. The molecule has 3 rings (SSSR count). The highest BCUT2D eigenvalue weighted by molar-refractivity contribution is 7.89. The number of morpholine rings is 1. The van der Waals surface area contributed by atoms with E-state index in [0.29, 0.717) is 44.3 Å². The minimum absolute atomic E-state index is 0.147. The molecule has 1 fully saturated rings. The molecule has 1 N–H and O–H groups in total. The third-order valence-electron chi connectivity index (χ3n) is 5.82. The Labute approximate surface area is 212 Å². The molecule has 2 aromatic rings. The summed E-state index contributed by atoms with van der Waals surface area (Å²) in [6.45, 7) is 5.17. The molecule has 0 unspecified atom stereocenters. The second-order valence-corrected chi connectivity index (χ2v) is 10.2. The van der Waals surface area contributed by atoms with Gasteiger partial charge in [-0.2, -0.15) is 4.31 Å². The van der Waals surface area contributed by atoms with Crippen LogP contribution in [0.1, 0.15) is 19.4 Å². The van der Waals surface area contributed by atoms with Gasteiger partial charge in [0.2, 0.25) is 15.9 Å². The highest BCUT2D eigenvalue weighted by atomic mass is 32.2. The zero-order valence-electron chi connectivity index (χ0n) is 20.8. The highest BCUT2D eigenvalue weighted by Gasteiger charge is 2.27. The van der Waals surface area contributed by atoms with Crippen LogP contribution < -0.4 is 14.8 Å². The first-order valence-corrected chi connectivity index (χ1v) is 13.2. The Kier molecular flexibility index (Phi) is 9.68. The van der Waals surface area contributed by atoms with Crippen molar-refractivity contribution in [3.63, 3.8) is 0 Å². The number of benzene rings is 2. The molecular weight excluding hydrogens is 486 g/mol. The fourth-order valence-corrected chi connectivity index (χ4v) is 5.11. The molecule has 0 radical (unpaired) electrons. The Morgan fingerprint density at radius 1 is 1.06 bits per heavy atom. The fraction of sp³-hybridized carbons (Fsp3) is 0.440. The third-order valence-corrected chi connectivity index (χ3v) is 7.74. The first-order chi connectivity index (χ1) is 17.3. The summed E-state index contributed by atoms with van der Waals surface area (Å²) in [6.07, 6.45) is 0. The molecule has 0 aliphatic carbocycles. The van der Waals surface area contributed by atoms with Crippen molar-refractivity contribution in [1.29, 1.82) is 0 Å². The predicted molar refractivity (Wildman–Crippen MR) is 133 cm³/mol. The molecule has 1 heterocycles. The third kappa shape index (κ3) is 6.96. The molecule has 196 valence electrons. The number of nitrogens with zero attached hydrogens (tertiary/aromatic N) is 2. The number of likely N-dealkylation sites (N-methyl/N-ethyl adjacent to an activating group) is 1. The van der Waals surface area contributed by atoms with Crippen LogP contribution in [0.25, 0.3) is 0 Å². The Hall–Kier alpha value is -3.15. The van der Waals surface area contributed by atoms with E-state index in [0.717, 1.165) is 5.56 Å². The standard InChI is InChI=1S/C25H33N3O7S/c1-4-26-25(30)19(2)28(17-20-5-7-21(33-3)8-6-20)24(29)18-35-22-9-11-23(12-10-22)36(31,32)27-13-15-34-16-14-27/h5-12,19H,4,13-18H2,1-3H3,(H,26,30)/t19-/m0/s1. The summed E-state index contributed by atoms with van der Waals surface area (Å²) < 4.78 is 43.0. The van der Waals surface area contributed by atoms with Gasteiger partial charge in [0.15, 0.2) is 6.61 Å². The van der Waals surface area contributed by atoms with Crippen molar-refractivity contribution in [1.82, 2.24) is 14.5 Å². The average Bonchev–Trinajstić information content (AvgIpc) is 2.91. The van der Waals surface area contributed by atoms with Gasteiger partial charge >= 0.3 is 0 Å². The molecule has 10 nitrogen and oxygen atoms in total. The van der Waals surface area contributed by atoms with Gasteiger partial charge in [-0.1, -0.05) is 12.1 Å². The van der Waals surface area contributed by atoms with Gasteiger partial charge in [-0.25, -0.2) is 8.42 Å². The van der Waals surface area contributed by atoms with Crippen LogP contribution in [0.2, 0.25) is 0 Å². The van der Waals surface area contributed by atoms with Gasteiger partial charge in [0.05, 0.1) is 25.2 Å². The van der Waals surface area contributed by atoms with Gasteiger partial charge in [0, 0.05) is 26.2 Å². The summed E-state index contributed by atoms with van der Waals surface area (Å²) >= 11 is 0. The van der Waals surface area contributed by atoms with Gasteiger partial charge in [0.1, 0.15) is 17.5 Å². The van der Waals surface area contributed by atoms with Crippen LogP contribution >= 0.6 is 0 Å². The smallest absolute Gasteiger partial charge is 0.261 e. The van der Waals surface area contributed by atoms with E-state index in [1.165, 1.54) is 33.5 Å². The average molecular weight is 520 g/mol. The van der Waals surface area contributed by atoms with E-state index in [4.69, 9.17) is 14.2 Å². The molecule has 2 aromatic carbocycles. The molecule has 0 aromatic heterocycles. The minimum Gasteiger partial charge on any atom is -0.497 e. The van der Waals surface area contributed by atoms with Crippen LogP contribution in [0.15, 0.2) is 53.4 Å². The number of methoxy groups -OCH3 is 1. The number of ether oxygens (including phenoxy) is 3. The van der Waals surface area contributed by atoms with Crippen molar-refractivity contribution in [2.45, 2.75) is 31.3 Å². The van der Waals surface area contributed by atoms with Crippen LogP contribution in [-0.2, 0) is 30.9 Å². The summed E-state index contributed by atoms with van der Waals surface area (Å²) in [4.78, 5) is 27.2. The van der Waals surface area contributed by atoms with Gasteiger partial charge in [-0.05, 0) is 55.8 Å². The van der Waals surface area contributed by atoms with Crippen molar-refractivity contribution < 1.29 is 32.2 Å². The zero-order valence-corrected chi connectivity index (χ0v) is 21.6. The van der Waals surface area contributed by atoms with Crippen molar-refractivity contribution in [3.8, 4) is 11.5 Å². The van der Waals surface area contributed by atoms with E-state index in [1.807, 2.05) is 19.1 Å². The lowest BCUT2D eigenvalue weighted by Gasteiger charge is -2.28. The second kappa shape index (κ2) is 12.7. The zero-order chi connectivity index (χ0) is 26.1. The summed E-state index contributed by atoms with van der Waals surface area (Å²) in [5, 5.41) is 2.74. The minimum atomic E-state index is -3.62. The van der Waals surface area contributed by atoms with Crippen LogP contribution in [-0.4, -0.2) is 82.0 Å². The number of carbonyl (C=O) groups is 2. The lowest BCUT2D eigenvalue weighted by atomic mass is 10.1. The summed E-state index contributed by atoms with van der Waals surface area (Å²) in [7, 11) is -2.05. The predicted octanol–water partition coefficient (Wildman–Crippen LogP) is 1.65. The van der Waals surface area contributed by atoms with E-state index >= 15 is 0 Å². The van der Waals surface area contributed by atoms with Gasteiger partial charge in [-0.3, -0.25) is 9.59 Å². The molecule has 0 spiro atoms. The van der Waals surface area contributed by atoms with E-state index < -0.39 is 16.1 Å². The number of amides is 2. The highest BCUT2D eigenvalue weighted by Crippen LogP contribution is 2.21. The van der Waals surface area contributed by atoms with E-state index in [2.05, 4.69) is 5.32 Å². The van der Waals surface area contributed by atoms with E-state index in [1.54, 1.807) is 26.2 Å². The normalized spacial score (nSPS) is 15.1. The van der Waals surface area contributed by atoms with Crippen molar-refractivity contribution in [3.05, 3.63) is 54.1 Å². The van der Waals surface area contributed by atoms with Gasteiger partial charge in [0.25, 0.3) is 5.91 Å². The number of hydrogen-bond donors (Lipinski definition) is 1. The van der Waals surface area contributed by atoms with Crippen molar-refractivity contribution >= 4 is 21.8 Å². The Morgan fingerprint density at radius 2 is 1.67 bits per heavy atom. The topological polar surface area (TPSA) is 114 Å². The monoisotopic (exact) mass is 519 g/mol. The Morgan fingerprint density at radius 3 is 2.25 bits per heavy atom. The van der Waals surface area contributed by atoms with Crippen LogP contribution in [0.4, 0.5) is 0 Å². The molecule has 11 heteroatoms. The Balaban J connectivity index is 1.68. The SMILES string of the molecule is CCNC(=O)[C@H](C)N(Cc1ccc(OC)cc1)C(=O)COc1ccc(S(=O)(=O)N2CCOCC2)cc1. The Bertz CT molecular complexity index is 1120. The van der Waals surface area contributed by atoms with Gasteiger partial charge < -0.3 is 24.4 Å². The first kappa shape index (κ1) is 27.4. The van der Waals surface area contributed by atoms with Gasteiger partial charge in [-0.15, -0.1) is 0 Å². The van der Waals surface area contributed by atoms with Crippen molar-refractivity contribution in [2.75, 3.05) is 46.6 Å². The molecule has 1 atom stereocenters.